The minimum atomic E-state index is -2.52. The van der Waals surface area contributed by atoms with Crippen molar-refractivity contribution in [3.63, 3.8) is 0 Å². The maximum Gasteiger partial charge on any atom is 0.0888 e. The van der Waals surface area contributed by atoms with Gasteiger partial charge in [0.15, 0.2) is 0 Å². The summed E-state index contributed by atoms with van der Waals surface area (Å²) in [7, 11) is 0. The fourth-order valence-electron chi connectivity index (χ4n) is 0.343. The predicted molar refractivity (Wildman–Crippen MR) is 39.3 cm³/mol. The van der Waals surface area contributed by atoms with Crippen molar-refractivity contribution in [3.05, 3.63) is 0 Å². The van der Waals surface area contributed by atoms with Crippen molar-refractivity contribution in [1.29, 1.82) is 0 Å². The second-order valence-corrected chi connectivity index (χ2v) is 3.06. The van der Waals surface area contributed by atoms with Gasteiger partial charge < -0.3 is 9.66 Å². The van der Waals surface area contributed by atoms with E-state index < -0.39 is 17.5 Å². The molecule has 0 heterocycles. The zero-order chi connectivity index (χ0) is 7.98. The van der Waals surface area contributed by atoms with Gasteiger partial charge in [-0.3, -0.25) is 4.18 Å². The van der Waals surface area contributed by atoms with Gasteiger partial charge >= 0.3 is 0 Å². The van der Waals surface area contributed by atoms with Crippen molar-refractivity contribution in [2.45, 2.75) is 12.5 Å². The Morgan fingerprint density at radius 3 is 2.80 bits per heavy atom. The summed E-state index contributed by atoms with van der Waals surface area (Å²) >= 11 is 0.572. The third-order valence-electron chi connectivity index (χ3n) is 0.799. The summed E-state index contributed by atoms with van der Waals surface area (Å²) in [6.07, 6.45) is -0.228. The predicted octanol–water partition coefficient (Wildman–Crippen LogP) is -0.0570. The van der Waals surface area contributed by atoms with E-state index in [2.05, 4.69) is 20.1 Å². The van der Waals surface area contributed by atoms with Crippen LogP contribution in [-0.4, -0.2) is 31.9 Å². The number of aliphatic hydroxyl groups excluding tert-OH is 1. The molecule has 2 unspecified atom stereocenters. The molecule has 10 heavy (non-hydrogen) atoms. The van der Waals surface area contributed by atoms with E-state index in [-0.39, 0.29) is 6.61 Å². The van der Waals surface area contributed by atoms with Crippen LogP contribution in [-0.2, 0) is 15.5 Å². The maximum absolute atomic E-state index is 9.76. The van der Waals surface area contributed by atoms with Gasteiger partial charge in [0, 0.05) is 5.33 Å². The third kappa shape index (κ3) is 6.63. The number of rotatable bonds is 5. The van der Waals surface area contributed by atoms with Crippen LogP contribution < -0.4 is 0 Å². The molecular weight excluding hydrogens is 224 g/mol. The molecular formula is C4H8BrO4S-. The van der Waals surface area contributed by atoms with Crippen LogP contribution in [0.1, 0.15) is 6.42 Å². The molecule has 0 spiro atoms. The van der Waals surface area contributed by atoms with Crippen molar-refractivity contribution in [2.75, 3.05) is 11.9 Å². The number of halogens is 1. The molecule has 0 aromatic heterocycles. The van der Waals surface area contributed by atoms with Gasteiger partial charge in [-0.1, -0.05) is 15.9 Å². The zero-order valence-corrected chi connectivity index (χ0v) is 7.56. The molecule has 0 radical (unpaired) electrons. The normalized spacial score (nSPS) is 16.7. The Balaban J connectivity index is 3.21. The number of aliphatic hydroxyl groups is 1. The second kappa shape index (κ2) is 6.23. The Labute approximate surface area is 70.2 Å². The highest BCUT2D eigenvalue weighted by molar-refractivity contribution is 9.09. The van der Waals surface area contributed by atoms with E-state index in [1.165, 1.54) is 0 Å². The van der Waals surface area contributed by atoms with Crippen molar-refractivity contribution in [3.8, 4) is 0 Å². The Bertz CT molecular complexity index is 109. The molecule has 0 aromatic carbocycles. The van der Waals surface area contributed by atoms with Gasteiger partial charge in [-0.15, -0.1) is 0 Å². The quantitative estimate of drug-likeness (QED) is 0.532. The summed E-state index contributed by atoms with van der Waals surface area (Å²) in [6, 6.07) is 0. The van der Waals surface area contributed by atoms with Crippen molar-refractivity contribution in [1.82, 2.24) is 0 Å². The molecule has 4 nitrogen and oxygen atoms in total. The van der Waals surface area contributed by atoms with Crippen LogP contribution in [0.3, 0.4) is 0 Å². The molecule has 0 saturated heterocycles. The highest BCUT2D eigenvalue weighted by Gasteiger charge is 2.01. The standard InChI is InChI=1S/C4H9BrO4S/c5-2-1-4(6)3-9-10(7)8/h4,6H,1-3H2,(H,7,8)/p-1. The van der Waals surface area contributed by atoms with Gasteiger partial charge in [0.25, 0.3) is 0 Å². The second-order valence-electron chi connectivity index (χ2n) is 1.62. The van der Waals surface area contributed by atoms with Crippen LogP contribution in [0.5, 0.6) is 0 Å². The monoisotopic (exact) mass is 231 g/mol. The molecule has 2 atom stereocenters. The van der Waals surface area contributed by atoms with Crippen LogP contribution in [0.15, 0.2) is 0 Å². The first kappa shape index (κ1) is 10.5. The van der Waals surface area contributed by atoms with Crippen molar-refractivity contribution < 1.29 is 18.1 Å². The van der Waals surface area contributed by atoms with Crippen LogP contribution in [0.2, 0.25) is 0 Å². The first-order valence-electron chi connectivity index (χ1n) is 2.63. The molecule has 0 fully saturated rings. The summed E-state index contributed by atoms with van der Waals surface area (Å²) in [4.78, 5) is 0. The first-order chi connectivity index (χ1) is 4.66. The lowest BCUT2D eigenvalue weighted by Crippen LogP contribution is -2.16. The van der Waals surface area contributed by atoms with E-state index >= 15 is 0 Å². The van der Waals surface area contributed by atoms with E-state index in [1.54, 1.807) is 0 Å². The fraction of sp³-hybridized carbons (Fsp3) is 1.00. The molecule has 0 aliphatic carbocycles. The first-order valence-corrected chi connectivity index (χ1v) is 4.75. The van der Waals surface area contributed by atoms with Crippen LogP contribution in [0.25, 0.3) is 0 Å². The van der Waals surface area contributed by atoms with Crippen LogP contribution >= 0.6 is 15.9 Å². The topological polar surface area (TPSA) is 69.6 Å². The van der Waals surface area contributed by atoms with E-state index in [0.717, 1.165) is 0 Å². The summed E-state index contributed by atoms with van der Waals surface area (Å²) in [5, 5.41) is 9.50. The van der Waals surface area contributed by atoms with E-state index in [1.807, 2.05) is 0 Å². The van der Waals surface area contributed by atoms with Gasteiger partial charge in [0.05, 0.1) is 24.1 Å². The minimum absolute atomic E-state index is 0.165. The molecule has 0 bridgehead atoms. The molecule has 0 aliphatic rings. The number of alkyl halides is 1. The van der Waals surface area contributed by atoms with Gasteiger partial charge in [0.1, 0.15) is 0 Å². The average Bonchev–Trinajstić information content (AvgIpc) is 1.85. The van der Waals surface area contributed by atoms with Crippen LogP contribution in [0, 0.1) is 0 Å². The SMILES string of the molecule is O=S([O-])OCC(O)CCBr. The Hall–Kier alpha value is 0.510. The van der Waals surface area contributed by atoms with Gasteiger partial charge in [-0.05, 0) is 6.42 Å². The van der Waals surface area contributed by atoms with E-state index in [0.29, 0.717) is 11.8 Å². The molecule has 0 rings (SSSR count). The maximum atomic E-state index is 9.76. The zero-order valence-electron chi connectivity index (χ0n) is 5.16. The van der Waals surface area contributed by atoms with Gasteiger partial charge in [-0.2, -0.15) is 0 Å². The van der Waals surface area contributed by atoms with E-state index in [9.17, 15) is 8.76 Å². The molecule has 0 amide bonds. The largest absolute Gasteiger partial charge is 0.750 e. The third-order valence-corrected chi connectivity index (χ3v) is 1.59. The number of hydrogen-bond acceptors (Lipinski definition) is 4. The summed E-state index contributed by atoms with van der Waals surface area (Å²) < 4.78 is 23.6. The Morgan fingerprint density at radius 1 is 1.80 bits per heavy atom. The number of hydrogen-bond donors (Lipinski definition) is 1. The van der Waals surface area contributed by atoms with Crippen molar-refractivity contribution in [2.24, 2.45) is 0 Å². The Kier molecular flexibility index (Phi) is 6.55. The Morgan fingerprint density at radius 2 is 2.40 bits per heavy atom. The lowest BCUT2D eigenvalue weighted by atomic mass is 10.3. The molecule has 0 aliphatic heterocycles. The lowest BCUT2D eigenvalue weighted by molar-refractivity contribution is 0.107. The highest BCUT2D eigenvalue weighted by Crippen LogP contribution is 1.96. The molecule has 62 valence electrons. The molecule has 6 heteroatoms. The molecule has 0 aromatic rings. The summed E-state index contributed by atoms with van der Waals surface area (Å²) in [5.41, 5.74) is 0. The summed E-state index contributed by atoms with van der Waals surface area (Å²) in [6.45, 7) is -0.165. The fourth-order valence-corrected chi connectivity index (χ4v) is 1.14. The average molecular weight is 232 g/mol. The van der Waals surface area contributed by atoms with Gasteiger partial charge in [0.2, 0.25) is 0 Å². The molecule has 0 saturated carbocycles. The minimum Gasteiger partial charge on any atom is -0.750 e. The molecule has 1 N–H and O–H groups in total. The summed E-state index contributed by atoms with van der Waals surface area (Å²) in [5.74, 6) is 0. The smallest absolute Gasteiger partial charge is 0.0888 e. The van der Waals surface area contributed by atoms with Gasteiger partial charge in [-0.25, -0.2) is 4.21 Å². The highest BCUT2D eigenvalue weighted by atomic mass is 79.9. The lowest BCUT2D eigenvalue weighted by Gasteiger charge is -2.09. The van der Waals surface area contributed by atoms with Crippen LogP contribution in [0.4, 0.5) is 0 Å². The van der Waals surface area contributed by atoms with Crippen molar-refractivity contribution >= 4 is 27.3 Å². The van der Waals surface area contributed by atoms with E-state index in [4.69, 9.17) is 5.11 Å².